The summed E-state index contributed by atoms with van der Waals surface area (Å²) in [5.41, 5.74) is 0.242. The number of sulfonamides is 1. The van der Waals surface area contributed by atoms with Crippen molar-refractivity contribution >= 4 is 38.4 Å². The molecule has 0 bridgehead atoms. The number of nitrogens with zero attached hydrogens (tertiary/aromatic N) is 1. The van der Waals surface area contributed by atoms with Crippen molar-refractivity contribution in [2.24, 2.45) is 0 Å². The second-order valence-corrected chi connectivity index (χ2v) is 5.96. The number of rotatable bonds is 7. The summed E-state index contributed by atoms with van der Waals surface area (Å²) in [4.78, 5) is 25.3. The van der Waals surface area contributed by atoms with Crippen molar-refractivity contribution in [2.75, 3.05) is 17.1 Å². The maximum atomic E-state index is 11.6. The fraction of sp³-hybridized carbons (Fsp3) is 0.444. The molecule has 1 heterocycles. The van der Waals surface area contributed by atoms with Crippen LogP contribution in [0.4, 0.5) is 5.13 Å². The van der Waals surface area contributed by atoms with E-state index in [0.717, 1.165) is 11.3 Å². The first-order valence-electron chi connectivity index (χ1n) is 5.14. The number of aromatic nitrogens is 1. The zero-order valence-corrected chi connectivity index (χ0v) is 11.6. The smallest absolute Gasteiger partial charge is 0.323 e. The van der Waals surface area contributed by atoms with Crippen LogP contribution in [0.25, 0.3) is 0 Å². The Hall–Kier alpha value is -1.68. The Bertz CT molecular complexity index is 565. The van der Waals surface area contributed by atoms with Crippen molar-refractivity contribution in [3.05, 3.63) is 11.1 Å². The minimum Gasteiger partial charge on any atom is -0.481 e. The molecule has 0 aliphatic rings. The van der Waals surface area contributed by atoms with Crippen molar-refractivity contribution in [3.8, 4) is 0 Å². The van der Waals surface area contributed by atoms with Crippen LogP contribution in [-0.2, 0) is 30.8 Å². The average molecular weight is 308 g/mol. The fourth-order valence-corrected chi connectivity index (χ4v) is 3.02. The van der Waals surface area contributed by atoms with Gasteiger partial charge in [0.05, 0.1) is 18.7 Å². The van der Waals surface area contributed by atoms with Gasteiger partial charge in [-0.05, 0) is 6.92 Å². The van der Waals surface area contributed by atoms with Crippen molar-refractivity contribution in [2.45, 2.75) is 13.3 Å². The number of carbonyl (C=O) groups excluding carboxylic acids is 1. The Morgan fingerprint density at radius 2 is 2.21 bits per heavy atom. The van der Waals surface area contributed by atoms with Gasteiger partial charge in [0.25, 0.3) is 0 Å². The number of nitrogens with one attached hydrogen (secondary N) is 1. The zero-order chi connectivity index (χ0) is 14.5. The van der Waals surface area contributed by atoms with Gasteiger partial charge >= 0.3 is 11.9 Å². The van der Waals surface area contributed by atoms with Gasteiger partial charge in [0.15, 0.2) is 10.9 Å². The maximum absolute atomic E-state index is 11.6. The average Bonchev–Trinajstić information content (AvgIpc) is 2.62. The molecule has 0 aliphatic heterocycles. The van der Waals surface area contributed by atoms with Gasteiger partial charge in [0.1, 0.15) is 0 Å². The summed E-state index contributed by atoms with van der Waals surface area (Å²) in [6, 6.07) is 0. The number of carboxylic acids is 1. The monoisotopic (exact) mass is 308 g/mol. The number of carbonyl (C=O) groups is 2. The van der Waals surface area contributed by atoms with Crippen LogP contribution in [0.15, 0.2) is 5.38 Å². The third kappa shape index (κ3) is 5.66. The summed E-state index contributed by atoms with van der Waals surface area (Å²) in [7, 11) is -3.90. The van der Waals surface area contributed by atoms with E-state index in [0.29, 0.717) is 0 Å². The Morgan fingerprint density at radius 3 is 2.79 bits per heavy atom. The van der Waals surface area contributed by atoms with Gasteiger partial charge in [-0.25, -0.2) is 13.4 Å². The Kier molecular flexibility index (Phi) is 5.24. The third-order valence-corrected chi connectivity index (χ3v) is 3.80. The van der Waals surface area contributed by atoms with Crippen molar-refractivity contribution in [1.29, 1.82) is 0 Å². The van der Waals surface area contributed by atoms with Gasteiger partial charge in [-0.2, -0.15) is 0 Å². The largest absolute Gasteiger partial charge is 0.481 e. The highest BCUT2D eigenvalue weighted by atomic mass is 32.2. The summed E-state index contributed by atoms with van der Waals surface area (Å²) < 4.78 is 29.7. The fourth-order valence-electron chi connectivity index (χ4n) is 1.12. The SMILES string of the molecule is CCOC(=O)CS(=O)(=O)Nc1nc(CC(=O)O)cs1. The predicted octanol–water partition coefficient (Wildman–Crippen LogP) is 0.0750. The minimum atomic E-state index is -3.90. The van der Waals surface area contributed by atoms with E-state index in [-0.39, 0.29) is 23.9 Å². The van der Waals surface area contributed by atoms with Crippen LogP contribution < -0.4 is 4.72 Å². The maximum Gasteiger partial charge on any atom is 0.323 e. The predicted molar refractivity (Wildman–Crippen MR) is 67.5 cm³/mol. The topological polar surface area (TPSA) is 123 Å². The van der Waals surface area contributed by atoms with Crippen molar-refractivity contribution in [1.82, 2.24) is 4.98 Å². The number of carboxylic acid groups (broad SMARTS) is 1. The van der Waals surface area contributed by atoms with Crippen LogP contribution in [0.1, 0.15) is 12.6 Å². The van der Waals surface area contributed by atoms with Crippen LogP contribution in [0.2, 0.25) is 0 Å². The molecule has 0 aliphatic carbocycles. The molecule has 1 rings (SSSR count). The molecule has 2 N–H and O–H groups in total. The van der Waals surface area contributed by atoms with E-state index in [1.807, 2.05) is 0 Å². The summed E-state index contributed by atoms with van der Waals surface area (Å²) >= 11 is 0.942. The van der Waals surface area contributed by atoms with Crippen molar-refractivity contribution in [3.63, 3.8) is 0 Å². The molecule has 10 heteroatoms. The third-order valence-electron chi connectivity index (χ3n) is 1.74. The van der Waals surface area contributed by atoms with E-state index in [4.69, 9.17) is 5.11 Å². The minimum absolute atomic E-state index is 0.0144. The molecule has 0 saturated carbocycles. The number of hydrogen-bond donors (Lipinski definition) is 2. The molecule has 1 aromatic rings. The highest BCUT2D eigenvalue weighted by molar-refractivity contribution is 7.93. The van der Waals surface area contributed by atoms with Gasteiger partial charge in [0.2, 0.25) is 10.0 Å². The van der Waals surface area contributed by atoms with E-state index >= 15 is 0 Å². The van der Waals surface area contributed by atoms with E-state index < -0.39 is 27.7 Å². The molecule has 0 atom stereocenters. The molecule has 0 amide bonds. The Morgan fingerprint density at radius 1 is 1.53 bits per heavy atom. The molecular weight excluding hydrogens is 296 g/mol. The van der Waals surface area contributed by atoms with Gasteiger partial charge in [0, 0.05) is 5.38 Å². The van der Waals surface area contributed by atoms with Crippen LogP contribution in [0.5, 0.6) is 0 Å². The standard InChI is InChI=1S/C9H12N2O6S2/c1-2-17-8(14)5-19(15,16)11-9-10-6(4-18-9)3-7(12)13/h4H,2-3,5H2,1H3,(H,10,11)(H,12,13). The van der Waals surface area contributed by atoms with Crippen LogP contribution in [0.3, 0.4) is 0 Å². The lowest BCUT2D eigenvalue weighted by Crippen LogP contribution is -2.24. The Balaban J connectivity index is 2.65. The molecule has 0 radical (unpaired) electrons. The number of anilines is 1. The number of aliphatic carboxylic acids is 1. The Labute approximate surface area is 113 Å². The highest BCUT2D eigenvalue weighted by Gasteiger charge is 2.19. The molecule has 0 fully saturated rings. The van der Waals surface area contributed by atoms with Crippen LogP contribution >= 0.6 is 11.3 Å². The summed E-state index contributed by atoms with van der Waals surface area (Å²) in [6.07, 6.45) is -0.296. The van der Waals surface area contributed by atoms with Gasteiger partial charge in [-0.15, -0.1) is 11.3 Å². The molecule has 0 spiro atoms. The van der Waals surface area contributed by atoms with Gasteiger partial charge in [-0.3, -0.25) is 14.3 Å². The zero-order valence-electron chi connectivity index (χ0n) is 9.95. The quantitative estimate of drug-likeness (QED) is 0.683. The molecule has 19 heavy (non-hydrogen) atoms. The summed E-state index contributed by atoms with van der Waals surface area (Å²) in [6.45, 7) is 1.66. The number of thiazole rings is 1. The molecule has 0 saturated heterocycles. The first-order chi connectivity index (χ1) is 8.82. The summed E-state index contributed by atoms with van der Waals surface area (Å²) in [5.74, 6) is -2.74. The lowest BCUT2D eigenvalue weighted by atomic mass is 10.3. The number of ether oxygens (including phenoxy) is 1. The molecule has 1 aromatic heterocycles. The van der Waals surface area contributed by atoms with E-state index in [1.54, 1.807) is 6.92 Å². The summed E-state index contributed by atoms with van der Waals surface area (Å²) in [5, 5.41) is 9.99. The second-order valence-electron chi connectivity index (χ2n) is 3.38. The van der Waals surface area contributed by atoms with E-state index in [2.05, 4.69) is 14.4 Å². The lowest BCUT2D eigenvalue weighted by Gasteiger charge is -2.04. The molecular formula is C9H12N2O6S2. The van der Waals surface area contributed by atoms with Gasteiger partial charge in [-0.1, -0.05) is 0 Å². The molecule has 8 nitrogen and oxygen atoms in total. The highest BCUT2D eigenvalue weighted by Crippen LogP contribution is 2.17. The normalized spacial score (nSPS) is 11.0. The first-order valence-corrected chi connectivity index (χ1v) is 7.68. The lowest BCUT2D eigenvalue weighted by molar-refractivity contribution is -0.140. The van der Waals surface area contributed by atoms with E-state index in [9.17, 15) is 18.0 Å². The molecule has 0 aromatic carbocycles. The first kappa shape index (κ1) is 15.4. The van der Waals surface area contributed by atoms with Crippen LogP contribution in [-0.4, -0.2) is 42.8 Å². The van der Waals surface area contributed by atoms with E-state index in [1.165, 1.54) is 5.38 Å². The number of hydrogen-bond acceptors (Lipinski definition) is 7. The van der Waals surface area contributed by atoms with Crippen LogP contribution in [0, 0.1) is 0 Å². The molecule has 106 valence electrons. The van der Waals surface area contributed by atoms with Crippen molar-refractivity contribution < 1.29 is 27.9 Å². The molecule has 0 unspecified atom stereocenters. The number of esters is 1. The van der Waals surface area contributed by atoms with Gasteiger partial charge < -0.3 is 9.84 Å². The second kappa shape index (κ2) is 6.48.